The number of hydrogen-bond acceptors (Lipinski definition) is 6. The van der Waals surface area contributed by atoms with Crippen molar-refractivity contribution in [3.05, 3.63) is 24.3 Å². The summed E-state index contributed by atoms with van der Waals surface area (Å²) < 4.78 is 11.4. The number of carbonyl (C=O) groups excluding carboxylic acids is 2. The van der Waals surface area contributed by atoms with Crippen molar-refractivity contribution in [3.63, 3.8) is 0 Å². The van der Waals surface area contributed by atoms with E-state index in [1.807, 2.05) is 12.1 Å². The Morgan fingerprint density at radius 1 is 1.11 bits per heavy atom. The van der Waals surface area contributed by atoms with E-state index in [-0.39, 0.29) is 31.4 Å². The molecule has 1 aromatic rings. The Balaban J connectivity index is 1.45. The second kappa shape index (κ2) is 8.92. The molecule has 2 aliphatic heterocycles. The highest BCUT2D eigenvalue weighted by molar-refractivity contribution is 5.83. The van der Waals surface area contributed by atoms with Gasteiger partial charge in [-0.2, -0.15) is 0 Å². The minimum Gasteiger partial charge on any atom is -0.485 e. The summed E-state index contributed by atoms with van der Waals surface area (Å²) in [6.07, 6.45) is -0.683. The number of carboxylic acids is 1. The van der Waals surface area contributed by atoms with Crippen molar-refractivity contribution in [2.75, 3.05) is 52.9 Å². The minimum absolute atomic E-state index is 0.00134. The number of rotatable bonds is 6. The molecular formula is C19H25N3O6. The molecule has 2 aliphatic rings. The monoisotopic (exact) mass is 391 g/mol. The maximum atomic E-state index is 12.7. The predicted molar refractivity (Wildman–Crippen MR) is 99.3 cm³/mol. The lowest BCUT2D eigenvalue weighted by Crippen LogP contribution is -2.56. The maximum Gasteiger partial charge on any atom is 0.304 e. The molecule has 9 heteroatoms. The van der Waals surface area contributed by atoms with Gasteiger partial charge in [0.05, 0.1) is 13.0 Å². The fourth-order valence-corrected chi connectivity index (χ4v) is 3.22. The Morgan fingerprint density at radius 3 is 2.43 bits per heavy atom. The number of aliphatic carboxylic acids is 1. The second-order valence-electron chi connectivity index (χ2n) is 6.95. The second-order valence-corrected chi connectivity index (χ2v) is 6.95. The highest BCUT2D eigenvalue weighted by Crippen LogP contribution is 2.31. The number of benzene rings is 1. The third kappa shape index (κ3) is 4.92. The van der Waals surface area contributed by atoms with Gasteiger partial charge in [-0.3, -0.25) is 19.3 Å². The zero-order chi connectivity index (χ0) is 20.1. The van der Waals surface area contributed by atoms with Gasteiger partial charge in [-0.25, -0.2) is 0 Å². The Labute approximate surface area is 163 Å². The molecular weight excluding hydrogens is 366 g/mol. The zero-order valence-electron chi connectivity index (χ0n) is 15.9. The molecule has 2 amide bonds. The standard InChI is InChI=1S/C19H25N3O6/c1-20(7-6-18(24)25)12-17(23)21-8-10-22(11-9-21)19(26)16-13-27-14-4-2-3-5-15(14)28-16/h2-5,16H,6-13H2,1H3,(H,24,25). The van der Waals surface area contributed by atoms with E-state index in [9.17, 15) is 14.4 Å². The van der Waals surface area contributed by atoms with Crippen LogP contribution in [0.1, 0.15) is 6.42 Å². The summed E-state index contributed by atoms with van der Waals surface area (Å²) in [4.78, 5) is 40.8. The fraction of sp³-hybridized carbons (Fsp3) is 0.526. The summed E-state index contributed by atoms with van der Waals surface area (Å²) in [5.74, 6) is 0.105. The summed E-state index contributed by atoms with van der Waals surface area (Å²) in [6.45, 7) is 2.42. The lowest BCUT2D eigenvalue weighted by molar-refractivity contribution is -0.146. The van der Waals surface area contributed by atoms with Gasteiger partial charge in [0.25, 0.3) is 5.91 Å². The number of ether oxygens (including phenoxy) is 2. The first-order valence-electron chi connectivity index (χ1n) is 9.29. The van der Waals surface area contributed by atoms with E-state index in [1.54, 1.807) is 33.9 Å². The van der Waals surface area contributed by atoms with Crippen LogP contribution in [0.4, 0.5) is 0 Å². The van der Waals surface area contributed by atoms with Crippen molar-refractivity contribution < 1.29 is 29.0 Å². The van der Waals surface area contributed by atoms with Crippen LogP contribution in [0.3, 0.4) is 0 Å². The van der Waals surface area contributed by atoms with E-state index in [1.165, 1.54) is 0 Å². The summed E-state index contributed by atoms with van der Waals surface area (Å²) in [7, 11) is 1.72. The third-order valence-electron chi connectivity index (χ3n) is 4.84. The largest absolute Gasteiger partial charge is 0.485 e. The third-order valence-corrected chi connectivity index (χ3v) is 4.84. The molecule has 0 aliphatic carbocycles. The Hall–Kier alpha value is -2.81. The molecule has 1 unspecified atom stereocenters. The smallest absolute Gasteiger partial charge is 0.304 e. The topological polar surface area (TPSA) is 99.6 Å². The van der Waals surface area contributed by atoms with E-state index < -0.39 is 12.1 Å². The fourth-order valence-electron chi connectivity index (χ4n) is 3.22. The molecule has 152 valence electrons. The molecule has 9 nitrogen and oxygen atoms in total. The van der Waals surface area contributed by atoms with E-state index in [0.717, 1.165) is 0 Å². The summed E-state index contributed by atoms with van der Waals surface area (Å²) in [5.41, 5.74) is 0. The van der Waals surface area contributed by atoms with Gasteiger partial charge in [0.1, 0.15) is 6.61 Å². The average Bonchev–Trinajstić information content (AvgIpc) is 2.71. The quantitative estimate of drug-likeness (QED) is 0.723. The Kier molecular flexibility index (Phi) is 6.35. The number of carbonyl (C=O) groups is 3. The van der Waals surface area contributed by atoms with Crippen LogP contribution >= 0.6 is 0 Å². The number of piperazine rings is 1. The highest BCUT2D eigenvalue weighted by Gasteiger charge is 2.33. The molecule has 0 bridgehead atoms. The van der Waals surface area contributed by atoms with Crippen molar-refractivity contribution in [1.82, 2.24) is 14.7 Å². The predicted octanol–water partition coefficient (Wildman–Crippen LogP) is -0.0963. The van der Waals surface area contributed by atoms with Crippen LogP contribution in [0, 0.1) is 0 Å². The van der Waals surface area contributed by atoms with Gasteiger partial charge in [0.15, 0.2) is 11.5 Å². The molecule has 0 saturated carbocycles. The van der Waals surface area contributed by atoms with Crippen LogP contribution in [0.5, 0.6) is 11.5 Å². The number of carboxylic acid groups (broad SMARTS) is 1. The van der Waals surface area contributed by atoms with Crippen molar-refractivity contribution >= 4 is 17.8 Å². The van der Waals surface area contributed by atoms with Gasteiger partial charge < -0.3 is 24.4 Å². The first-order chi connectivity index (χ1) is 13.4. The van der Waals surface area contributed by atoms with Gasteiger partial charge in [-0.1, -0.05) is 12.1 Å². The highest BCUT2D eigenvalue weighted by atomic mass is 16.6. The molecule has 3 rings (SSSR count). The maximum absolute atomic E-state index is 12.7. The van der Waals surface area contributed by atoms with Crippen LogP contribution in [-0.4, -0.2) is 96.6 Å². The molecule has 1 fully saturated rings. The van der Waals surface area contributed by atoms with Gasteiger partial charge in [0, 0.05) is 32.7 Å². The molecule has 1 N–H and O–H groups in total. The molecule has 28 heavy (non-hydrogen) atoms. The Morgan fingerprint density at radius 2 is 1.75 bits per heavy atom. The number of amides is 2. The van der Waals surface area contributed by atoms with E-state index >= 15 is 0 Å². The van der Waals surface area contributed by atoms with Crippen LogP contribution in [0.15, 0.2) is 24.3 Å². The molecule has 0 aromatic heterocycles. The molecule has 0 radical (unpaired) electrons. The molecule has 1 atom stereocenters. The van der Waals surface area contributed by atoms with Crippen molar-refractivity contribution in [3.8, 4) is 11.5 Å². The van der Waals surface area contributed by atoms with Crippen LogP contribution in [0.25, 0.3) is 0 Å². The zero-order valence-corrected chi connectivity index (χ0v) is 15.9. The van der Waals surface area contributed by atoms with E-state index in [4.69, 9.17) is 14.6 Å². The number of hydrogen-bond donors (Lipinski definition) is 1. The lowest BCUT2D eigenvalue weighted by Gasteiger charge is -2.37. The van der Waals surface area contributed by atoms with Crippen LogP contribution in [0.2, 0.25) is 0 Å². The van der Waals surface area contributed by atoms with Crippen molar-refractivity contribution in [2.24, 2.45) is 0 Å². The van der Waals surface area contributed by atoms with Crippen molar-refractivity contribution in [1.29, 1.82) is 0 Å². The molecule has 2 heterocycles. The van der Waals surface area contributed by atoms with Gasteiger partial charge >= 0.3 is 5.97 Å². The van der Waals surface area contributed by atoms with Gasteiger partial charge in [0.2, 0.25) is 12.0 Å². The number of likely N-dealkylation sites (N-methyl/N-ethyl adjacent to an activating group) is 1. The first kappa shape index (κ1) is 19.9. The molecule has 0 spiro atoms. The van der Waals surface area contributed by atoms with E-state index in [0.29, 0.717) is 44.2 Å². The number of nitrogens with zero attached hydrogens (tertiary/aromatic N) is 3. The van der Waals surface area contributed by atoms with Crippen LogP contribution in [-0.2, 0) is 14.4 Å². The van der Waals surface area contributed by atoms with Crippen LogP contribution < -0.4 is 9.47 Å². The van der Waals surface area contributed by atoms with Gasteiger partial charge in [-0.05, 0) is 19.2 Å². The summed E-state index contributed by atoms with van der Waals surface area (Å²) in [6, 6.07) is 7.24. The summed E-state index contributed by atoms with van der Waals surface area (Å²) >= 11 is 0. The lowest BCUT2D eigenvalue weighted by atomic mass is 10.2. The summed E-state index contributed by atoms with van der Waals surface area (Å²) in [5, 5.41) is 8.71. The number of fused-ring (bicyclic) bond motifs is 1. The minimum atomic E-state index is -0.886. The van der Waals surface area contributed by atoms with Crippen molar-refractivity contribution in [2.45, 2.75) is 12.5 Å². The normalized spacial score (nSPS) is 18.9. The Bertz CT molecular complexity index is 732. The number of para-hydroxylation sites is 2. The van der Waals surface area contributed by atoms with Gasteiger partial charge in [-0.15, -0.1) is 0 Å². The average molecular weight is 391 g/mol. The first-order valence-corrected chi connectivity index (χ1v) is 9.29. The molecule has 1 aromatic carbocycles. The van der Waals surface area contributed by atoms with E-state index in [2.05, 4.69) is 0 Å². The SMILES string of the molecule is CN(CCC(=O)O)CC(=O)N1CCN(C(=O)C2COc3ccccc3O2)CC1. The molecule has 1 saturated heterocycles.